The minimum atomic E-state index is -0.439. The second-order valence-electron chi connectivity index (χ2n) is 7.04. The molecule has 2 atom stereocenters. The van der Waals surface area contributed by atoms with Crippen LogP contribution in [0.3, 0.4) is 0 Å². The van der Waals surface area contributed by atoms with Crippen molar-refractivity contribution in [1.29, 1.82) is 0 Å². The molecule has 2 saturated heterocycles. The number of hydrogen-bond donors (Lipinski definition) is 2. The zero-order chi connectivity index (χ0) is 14.9. The summed E-state index contributed by atoms with van der Waals surface area (Å²) in [6.07, 6.45) is -0.439. The number of urea groups is 1. The van der Waals surface area contributed by atoms with Gasteiger partial charge in [0.1, 0.15) is 25.2 Å². The van der Waals surface area contributed by atoms with E-state index in [0.29, 0.717) is 12.6 Å². The summed E-state index contributed by atoms with van der Waals surface area (Å²) in [6.45, 7) is 9.26. The normalized spacial score (nSPS) is 30.8. The molecule has 0 bridgehead atoms. The van der Waals surface area contributed by atoms with E-state index < -0.39 is 6.10 Å². The SMILES string of the molecule is CC(C)N1CCN(C(=O)N[C@H]2C[N+](C)(C)C[C@@H]2O)CC1. The van der Waals surface area contributed by atoms with Crippen LogP contribution < -0.4 is 5.32 Å². The first-order valence-corrected chi connectivity index (χ1v) is 7.58. The summed E-state index contributed by atoms with van der Waals surface area (Å²) < 4.78 is 0.757. The topological polar surface area (TPSA) is 55.8 Å². The lowest BCUT2D eigenvalue weighted by Crippen LogP contribution is -2.56. The Bertz CT molecular complexity index is 351. The summed E-state index contributed by atoms with van der Waals surface area (Å²) in [5.41, 5.74) is 0. The molecular formula is C14H29N4O2+. The molecule has 0 spiro atoms. The lowest BCUT2D eigenvalue weighted by molar-refractivity contribution is -0.879. The highest BCUT2D eigenvalue weighted by Gasteiger charge is 2.40. The first-order valence-electron chi connectivity index (χ1n) is 7.58. The highest BCUT2D eigenvalue weighted by atomic mass is 16.3. The van der Waals surface area contributed by atoms with Gasteiger partial charge in [-0.05, 0) is 13.8 Å². The van der Waals surface area contributed by atoms with Gasteiger partial charge in [-0.15, -0.1) is 0 Å². The maximum Gasteiger partial charge on any atom is 0.318 e. The molecular weight excluding hydrogens is 256 g/mol. The predicted octanol–water partition coefficient (Wildman–Crippen LogP) is -0.458. The molecule has 116 valence electrons. The van der Waals surface area contributed by atoms with Crippen molar-refractivity contribution in [3.63, 3.8) is 0 Å². The number of carbonyl (C=O) groups is 1. The zero-order valence-corrected chi connectivity index (χ0v) is 13.2. The standard InChI is InChI=1S/C14H28N4O2/c1-11(2)16-5-7-17(8-6-16)14(20)15-12-9-18(3,4)10-13(12)19/h11-13,19H,5-10H2,1-4H3/p+1/t12-,13-/m0/s1. The Kier molecular flexibility index (Phi) is 4.56. The second-order valence-corrected chi connectivity index (χ2v) is 7.04. The van der Waals surface area contributed by atoms with Gasteiger partial charge in [-0.2, -0.15) is 0 Å². The molecule has 0 aromatic carbocycles. The lowest BCUT2D eigenvalue weighted by Gasteiger charge is -2.37. The number of likely N-dealkylation sites (tertiary alicyclic amines) is 1. The Morgan fingerprint density at radius 3 is 2.25 bits per heavy atom. The molecule has 0 radical (unpaired) electrons. The van der Waals surface area contributed by atoms with Crippen LogP contribution in [-0.4, -0.2) is 97.0 Å². The van der Waals surface area contributed by atoms with Crippen LogP contribution >= 0.6 is 0 Å². The summed E-state index contributed by atoms with van der Waals surface area (Å²) in [5.74, 6) is 0. The third-order valence-electron chi connectivity index (χ3n) is 4.48. The molecule has 6 heteroatoms. The number of rotatable bonds is 2. The quantitative estimate of drug-likeness (QED) is 0.675. The van der Waals surface area contributed by atoms with Crippen LogP contribution in [0.5, 0.6) is 0 Å². The maximum absolute atomic E-state index is 12.3. The summed E-state index contributed by atoms with van der Waals surface area (Å²) >= 11 is 0. The van der Waals surface area contributed by atoms with E-state index in [0.717, 1.165) is 37.2 Å². The number of nitrogens with zero attached hydrogens (tertiary/aromatic N) is 3. The number of aliphatic hydroxyl groups is 1. The number of carbonyl (C=O) groups excluding carboxylic acids is 1. The number of aliphatic hydroxyl groups excluding tert-OH is 1. The Hall–Kier alpha value is -0.850. The average Bonchev–Trinajstić information content (AvgIpc) is 2.62. The minimum Gasteiger partial charge on any atom is -0.385 e. The predicted molar refractivity (Wildman–Crippen MR) is 78.5 cm³/mol. The van der Waals surface area contributed by atoms with Crippen LogP contribution in [0, 0.1) is 0 Å². The molecule has 0 aliphatic carbocycles. The number of amides is 2. The van der Waals surface area contributed by atoms with Crippen LogP contribution in [0.4, 0.5) is 4.79 Å². The van der Waals surface area contributed by atoms with Crippen molar-refractivity contribution in [1.82, 2.24) is 15.1 Å². The van der Waals surface area contributed by atoms with Crippen molar-refractivity contribution in [3.8, 4) is 0 Å². The van der Waals surface area contributed by atoms with Crippen molar-refractivity contribution < 1.29 is 14.4 Å². The maximum atomic E-state index is 12.3. The van der Waals surface area contributed by atoms with E-state index in [4.69, 9.17) is 0 Å². The van der Waals surface area contributed by atoms with Crippen LogP contribution in [-0.2, 0) is 0 Å². The fourth-order valence-corrected chi connectivity index (χ4v) is 3.20. The molecule has 2 N–H and O–H groups in total. The number of likely N-dealkylation sites (N-methyl/N-ethyl adjacent to an activating group) is 1. The Balaban J connectivity index is 1.82. The summed E-state index contributed by atoms with van der Waals surface area (Å²) in [5, 5.41) is 13.0. The lowest BCUT2D eigenvalue weighted by atomic mass is 10.2. The average molecular weight is 285 g/mol. The molecule has 20 heavy (non-hydrogen) atoms. The van der Waals surface area contributed by atoms with Crippen molar-refractivity contribution in [2.75, 3.05) is 53.4 Å². The largest absolute Gasteiger partial charge is 0.385 e. The third kappa shape index (κ3) is 3.62. The number of nitrogens with one attached hydrogen (secondary N) is 1. The molecule has 0 aromatic heterocycles. The third-order valence-corrected chi connectivity index (χ3v) is 4.48. The van der Waals surface area contributed by atoms with E-state index in [9.17, 15) is 9.90 Å². The van der Waals surface area contributed by atoms with Gasteiger partial charge in [-0.25, -0.2) is 4.79 Å². The van der Waals surface area contributed by atoms with Gasteiger partial charge in [0.05, 0.1) is 14.1 Å². The molecule has 0 unspecified atom stereocenters. The van der Waals surface area contributed by atoms with Gasteiger partial charge in [-0.1, -0.05) is 0 Å². The summed E-state index contributed by atoms with van der Waals surface area (Å²) in [7, 11) is 4.16. The van der Waals surface area contributed by atoms with Crippen LogP contribution in [0.25, 0.3) is 0 Å². The van der Waals surface area contributed by atoms with Gasteiger partial charge >= 0.3 is 6.03 Å². The van der Waals surface area contributed by atoms with Crippen LogP contribution in [0.1, 0.15) is 13.8 Å². The monoisotopic (exact) mass is 285 g/mol. The summed E-state index contributed by atoms with van der Waals surface area (Å²) in [6, 6.07) is 0.384. The molecule has 2 rings (SSSR count). The Morgan fingerprint density at radius 2 is 1.80 bits per heavy atom. The van der Waals surface area contributed by atoms with Gasteiger partial charge in [-0.3, -0.25) is 4.90 Å². The molecule has 2 aliphatic rings. The minimum absolute atomic E-state index is 0.0284. The van der Waals surface area contributed by atoms with Crippen LogP contribution in [0.2, 0.25) is 0 Å². The molecule has 2 heterocycles. The highest BCUT2D eigenvalue weighted by molar-refractivity contribution is 5.74. The van der Waals surface area contributed by atoms with Gasteiger partial charge in [0.15, 0.2) is 0 Å². The fourth-order valence-electron chi connectivity index (χ4n) is 3.20. The van der Waals surface area contributed by atoms with Gasteiger partial charge in [0.25, 0.3) is 0 Å². The molecule has 0 saturated carbocycles. The molecule has 0 aromatic rings. The van der Waals surface area contributed by atoms with E-state index >= 15 is 0 Å². The Labute approximate surface area is 121 Å². The Morgan fingerprint density at radius 1 is 1.20 bits per heavy atom. The number of piperazine rings is 1. The molecule has 6 nitrogen and oxygen atoms in total. The van der Waals surface area contributed by atoms with E-state index in [-0.39, 0.29) is 12.1 Å². The molecule has 2 fully saturated rings. The van der Waals surface area contributed by atoms with Gasteiger partial charge in [0, 0.05) is 32.2 Å². The van der Waals surface area contributed by atoms with Gasteiger partial charge in [0.2, 0.25) is 0 Å². The number of quaternary nitrogens is 1. The van der Waals surface area contributed by atoms with E-state index in [1.807, 2.05) is 4.90 Å². The molecule has 2 amide bonds. The van der Waals surface area contributed by atoms with Crippen molar-refractivity contribution in [2.24, 2.45) is 0 Å². The second kappa shape index (κ2) is 5.87. The molecule has 2 aliphatic heterocycles. The number of hydrogen-bond acceptors (Lipinski definition) is 3. The van der Waals surface area contributed by atoms with E-state index in [1.165, 1.54) is 0 Å². The van der Waals surface area contributed by atoms with Crippen LogP contribution in [0.15, 0.2) is 0 Å². The van der Waals surface area contributed by atoms with Gasteiger partial charge < -0.3 is 19.8 Å². The fraction of sp³-hybridized carbons (Fsp3) is 0.929. The smallest absolute Gasteiger partial charge is 0.318 e. The van der Waals surface area contributed by atoms with Crippen molar-refractivity contribution in [3.05, 3.63) is 0 Å². The van der Waals surface area contributed by atoms with Crippen molar-refractivity contribution in [2.45, 2.75) is 32.0 Å². The van der Waals surface area contributed by atoms with E-state index in [1.54, 1.807) is 0 Å². The van der Waals surface area contributed by atoms with Crippen molar-refractivity contribution >= 4 is 6.03 Å². The zero-order valence-electron chi connectivity index (χ0n) is 13.2. The first kappa shape index (κ1) is 15.5. The highest BCUT2D eigenvalue weighted by Crippen LogP contribution is 2.15. The first-order chi connectivity index (χ1) is 9.28. The van der Waals surface area contributed by atoms with E-state index in [2.05, 4.69) is 38.2 Å². The summed E-state index contributed by atoms with van der Waals surface area (Å²) in [4.78, 5) is 16.5.